The Hall–Kier alpha value is -0.630. The molecule has 2 aromatic rings. The molecule has 0 bridgehead atoms. The number of hydrogen-bond donors (Lipinski definition) is 0. The van der Waals surface area contributed by atoms with E-state index < -0.39 is 0 Å². The zero-order valence-electron chi connectivity index (χ0n) is 12.2. The van der Waals surface area contributed by atoms with E-state index in [1.54, 1.807) is 16.7 Å². The fourth-order valence-electron chi connectivity index (χ4n) is 1.57. The first-order chi connectivity index (χ1) is 9.56. The molecule has 2 aromatic heterocycles. The maximum absolute atomic E-state index is 11.9. The number of aryl methyl sites for hydroxylation is 1. The fourth-order valence-corrected chi connectivity index (χ4v) is 3.70. The molecule has 0 N–H and O–H groups in total. The SMILES string of the molecule is Cc1nc(-c2nc(C([O-])=NCCC[S+](C)C)cs2)cs1.Cl. The van der Waals surface area contributed by atoms with Gasteiger partial charge in [0.05, 0.1) is 23.2 Å². The van der Waals surface area contributed by atoms with Gasteiger partial charge in [0.2, 0.25) is 0 Å². The molecule has 2 rings (SSSR count). The Morgan fingerprint density at radius 2 is 2.05 bits per heavy atom. The van der Waals surface area contributed by atoms with Gasteiger partial charge in [0.15, 0.2) is 0 Å². The summed E-state index contributed by atoms with van der Waals surface area (Å²) in [4.78, 5) is 12.8. The normalized spacial score (nSPS) is 11.7. The number of thiazole rings is 2. The molecular weight excluding hydrogens is 346 g/mol. The highest BCUT2D eigenvalue weighted by atomic mass is 35.5. The highest BCUT2D eigenvalue weighted by Gasteiger charge is 2.08. The van der Waals surface area contributed by atoms with Gasteiger partial charge in [-0.3, -0.25) is 4.99 Å². The summed E-state index contributed by atoms with van der Waals surface area (Å²) in [6.45, 7) is 2.55. The molecule has 21 heavy (non-hydrogen) atoms. The Balaban J connectivity index is 0.00000220. The first kappa shape index (κ1) is 18.4. The average Bonchev–Trinajstić information content (AvgIpc) is 3.02. The predicted octanol–water partition coefficient (Wildman–Crippen LogP) is 2.37. The van der Waals surface area contributed by atoms with E-state index in [0.717, 1.165) is 27.9 Å². The fraction of sp³-hybridized carbons (Fsp3) is 0.462. The number of halogens is 1. The summed E-state index contributed by atoms with van der Waals surface area (Å²) in [6, 6.07) is 0. The first-order valence-electron chi connectivity index (χ1n) is 6.20. The summed E-state index contributed by atoms with van der Waals surface area (Å²) in [6.07, 6.45) is 5.36. The molecule has 0 amide bonds. The Morgan fingerprint density at radius 3 is 2.67 bits per heavy atom. The summed E-state index contributed by atoms with van der Waals surface area (Å²) in [5.41, 5.74) is 1.28. The summed E-state index contributed by atoms with van der Waals surface area (Å²) in [5.74, 6) is 0.906. The van der Waals surface area contributed by atoms with Gasteiger partial charge in [0.1, 0.15) is 16.5 Å². The van der Waals surface area contributed by atoms with Gasteiger partial charge in [-0.15, -0.1) is 35.1 Å². The van der Waals surface area contributed by atoms with E-state index in [-0.39, 0.29) is 18.3 Å². The Kier molecular flexibility index (Phi) is 7.65. The van der Waals surface area contributed by atoms with Crippen molar-refractivity contribution in [1.82, 2.24) is 9.97 Å². The summed E-state index contributed by atoms with van der Waals surface area (Å²) >= 11 is 3.03. The van der Waals surface area contributed by atoms with Crippen LogP contribution in [0.3, 0.4) is 0 Å². The van der Waals surface area contributed by atoms with E-state index in [9.17, 15) is 5.11 Å². The van der Waals surface area contributed by atoms with Crippen molar-refractivity contribution >= 4 is 51.9 Å². The third-order valence-corrected chi connectivity index (χ3v) is 5.27. The van der Waals surface area contributed by atoms with Gasteiger partial charge >= 0.3 is 0 Å². The van der Waals surface area contributed by atoms with Gasteiger partial charge < -0.3 is 5.11 Å². The lowest BCUT2D eigenvalue weighted by atomic mass is 10.4. The summed E-state index contributed by atoms with van der Waals surface area (Å²) in [7, 11) is 0.415. The van der Waals surface area contributed by atoms with E-state index >= 15 is 0 Å². The van der Waals surface area contributed by atoms with Gasteiger partial charge in [-0.05, 0) is 17.8 Å². The van der Waals surface area contributed by atoms with Gasteiger partial charge in [0.25, 0.3) is 0 Å². The van der Waals surface area contributed by atoms with Crippen LogP contribution in [0, 0.1) is 6.92 Å². The molecule has 0 atom stereocenters. The number of aliphatic imine (C=N–C) groups is 1. The largest absolute Gasteiger partial charge is 0.857 e. The van der Waals surface area contributed by atoms with Crippen LogP contribution < -0.4 is 5.11 Å². The minimum Gasteiger partial charge on any atom is -0.857 e. The third kappa shape index (κ3) is 5.58. The van der Waals surface area contributed by atoms with Crippen LogP contribution in [0.1, 0.15) is 17.1 Å². The van der Waals surface area contributed by atoms with Gasteiger partial charge in [-0.25, -0.2) is 9.97 Å². The van der Waals surface area contributed by atoms with Gasteiger partial charge in [-0.2, -0.15) is 0 Å². The molecule has 2 heterocycles. The van der Waals surface area contributed by atoms with E-state index in [4.69, 9.17) is 0 Å². The van der Waals surface area contributed by atoms with Crippen molar-refractivity contribution in [3.8, 4) is 10.7 Å². The summed E-state index contributed by atoms with van der Waals surface area (Å²) < 4.78 is 0. The standard InChI is InChI=1S/C13H17N3OS3.ClH/c1-9-15-11(8-18-9)13-16-10(7-19-13)12(17)14-5-4-6-20(2)3;/h7-8H,4-6H2,1-3H3;1H. The molecule has 0 fully saturated rings. The molecule has 0 aliphatic heterocycles. The van der Waals surface area contributed by atoms with Crippen LogP contribution >= 0.6 is 35.1 Å². The Bertz CT molecular complexity index is 595. The van der Waals surface area contributed by atoms with Crippen molar-refractivity contribution in [2.75, 3.05) is 24.8 Å². The molecule has 8 heteroatoms. The van der Waals surface area contributed by atoms with Crippen LogP contribution in [-0.4, -0.2) is 40.7 Å². The van der Waals surface area contributed by atoms with Crippen LogP contribution in [0.25, 0.3) is 10.7 Å². The molecule has 0 saturated heterocycles. The average molecular weight is 364 g/mol. The van der Waals surface area contributed by atoms with E-state index in [1.807, 2.05) is 12.3 Å². The van der Waals surface area contributed by atoms with E-state index in [1.165, 1.54) is 11.3 Å². The Morgan fingerprint density at radius 1 is 1.29 bits per heavy atom. The molecule has 0 aliphatic rings. The van der Waals surface area contributed by atoms with Crippen molar-refractivity contribution in [3.05, 3.63) is 21.5 Å². The molecule has 0 aliphatic carbocycles. The number of rotatable bonds is 6. The van der Waals surface area contributed by atoms with E-state index in [2.05, 4.69) is 27.5 Å². The molecule has 0 aromatic carbocycles. The minimum atomic E-state index is -0.216. The lowest BCUT2D eigenvalue weighted by Gasteiger charge is -2.06. The third-order valence-electron chi connectivity index (χ3n) is 2.53. The monoisotopic (exact) mass is 363 g/mol. The van der Waals surface area contributed by atoms with E-state index in [0.29, 0.717) is 23.1 Å². The molecule has 0 saturated carbocycles. The number of aromatic nitrogens is 2. The van der Waals surface area contributed by atoms with Crippen LogP contribution in [-0.2, 0) is 10.9 Å². The maximum atomic E-state index is 11.9. The predicted molar refractivity (Wildman–Crippen MR) is 95.3 cm³/mol. The van der Waals surface area contributed by atoms with Crippen molar-refractivity contribution in [3.63, 3.8) is 0 Å². The number of hydrogen-bond acceptors (Lipinski definition) is 6. The first-order valence-corrected chi connectivity index (χ1v) is 10.2. The molecule has 0 spiro atoms. The molecule has 0 radical (unpaired) electrons. The minimum absolute atomic E-state index is 0. The van der Waals surface area contributed by atoms with Crippen LogP contribution in [0.15, 0.2) is 15.8 Å². The van der Waals surface area contributed by atoms with Crippen molar-refractivity contribution < 1.29 is 5.11 Å². The quantitative estimate of drug-likeness (QED) is 0.342. The number of nitrogens with zero attached hydrogens (tertiary/aromatic N) is 3. The molecule has 4 nitrogen and oxygen atoms in total. The van der Waals surface area contributed by atoms with Crippen LogP contribution in [0.2, 0.25) is 0 Å². The molecule has 116 valence electrons. The highest BCUT2D eigenvalue weighted by Crippen LogP contribution is 2.24. The zero-order valence-corrected chi connectivity index (χ0v) is 15.4. The Labute approximate surface area is 142 Å². The molecular formula is C13H18ClN3OS3. The molecule has 0 unspecified atom stereocenters. The van der Waals surface area contributed by atoms with Crippen LogP contribution in [0.5, 0.6) is 0 Å². The smallest absolute Gasteiger partial charge is 0.143 e. The lowest BCUT2D eigenvalue weighted by Crippen LogP contribution is -2.20. The highest BCUT2D eigenvalue weighted by molar-refractivity contribution is 7.95. The second-order valence-corrected chi connectivity index (χ2v) is 8.82. The van der Waals surface area contributed by atoms with Gasteiger partial charge in [-0.1, -0.05) is 0 Å². The zero-order chi connectivity index (χ0) is 14.5. The topological polar surface area (TPSA) is 61.2 Å². The maximum Gasteiger partial charge on any atom is 0.143 e. The van der Waals surface area contributed by atoms with Crippen molar-refractivity contribution in [2.24, 2.45) is 4.99 Å². The van der Waals surface area contributed by atoms with Crippen molar-refractivity contribution in [2.45, 2.75) is 13.3 Å². The second-order valence-electron chi connectivity index (χ2n) is 4.52. The van der Waals surface area contributed by atoms with Crippen LogP contribution in [0.4, 0.5) is 0 Å². The summed E-state index contributed by atoms with van der Waals surface area (Å²) in [5, 5.41) is 17.4. The van der Waals surface area contributed by atoms with Crippen molar-refractivity contribution in [1.29, 1.82) is 0 Å². The lowest BCUT2D eigenvalue weighted by molar-refractivity contribution is -0.213. The van der Waals surface area contributed by atoms with Gasteiger partial charge in [0, 0.05) is 29.6 Å². The second kappa shape index (κ2) is 8.73.